The van der Waals surface area contributed by atoms with Gasteiger partial charge in [-0.05, 0) is 44.1 Å². The highest BCUT2D eigenvalue weighted by atomic mass is 16.2. The molecule has 1 aromatic heterocycles. The molecule has 2 aliphatic carbocycles. The van der Waals surface area contributed by atoms with Crippen molar-refractivity contribution in [1.29, 1.82) is 0 Å². The monoisotopic (exact) mass is 263 g/mol. The summed E-state index contributed by atoms with van der Waals surface area (Å²) in [5.74, 6) is 1.60. The average Bonchev–Trinajstić information content (AvgIpc) is 3.29. The lowest BCUT2D eigenvalue weighted by Crippen LogP contribution is -2.29. The largest absolute Gasteiger partial charge is 0.354 e. The van der Waals surface area contributed by atoms with E-state index in [1.165, 1.54) is 25.7 Å². The van der Waals surface area contributed by atoms with Crippen LogP contribution in [0.3, 0.4) is 0 Å². The third-order valence-corrected chi connectivity index (χ3v) is 3.61. The highest BCUT2D eigenvalue weighted by Gasteiger charge is 2.22. The molecule has 104 valence electrons. The maximum Gasteiger partial charge on any atom is 0.241 e. The zero-order chi connectivity index (χ0) is 13.1. The molecular weight excluding hydrogens is 242 g/mol. The smallest absolute Gasteiger partial charge is 0.241 e. The molecule has 2 saturated carbocycles. The Morgan fingerprint density at radius 2 is 2.00 bits per heavy atom. The van der Waals surface area contributed by atoms with Crippen LogP contribution in [0.1, 0.15) is 31.4 Å². The number of aromatic nitrogens is 3. The molecule has 6 heteroatoms. The van der Waals surface area contributed by atoms with Gasteiger partial charge in [0.05, 0.1) is 11.9 Å². The first-order valence-electron chi connectivity index (χ1n) is 7.16. The second kappa shape index (κ2) is 5.69. The summed E-state index contributed by atoms with van der Waals surface area (Å²) in [6.45, 7) is 2.88. The maximum atomic E-state index is 11.7. The van der Waals surface area contributed by atoms with Gasteiger partial charge < -0.3 is 10.6 Å². The van der Waals surface area contributed by atoms with E-state index in [1.807, 2.05) is 6.20 Å². The Morgan fingerprint density at radius 3 is 2.74 bits per heavy atom. The Labute approximate surface area is 112 Å². The standard InChI is InChI=1S/C13H21N5O/c19-13(15-6-11-3-4-11)9-18-8-12(16-17-18)7-14-5-10-1-2-10/h8,10-11,14H,1-7,9H2,(H,15,19). The van der Waals surface area contributed by atoms with Crippen LogP contribution in [0, 0.1) is 11.8 Å². The number of amides is 1. The van der Waals surface area contributed by atoms with Crippen molar-refractivity contribution in [3.8, 4) is 0 Å². The molecule has 3 rings (SSSR count). The summed E-state index contributed by atoms with van der Waals surface area (Å²) in [5.41, 5.74) is 0.899. The Bertz CT molecular complexity index is 436. The zero-order valence-electron chi connectivity index (χ0n) is 11.1. The van der Waals surface area contributed by atoms with E-state index in [0.29, 0.717) is 5.92 Å². The number of carbonyl (C=O) groups is 1. The van der Waals surface area contributed by atoms with Crippen LogP contribution < -0.4 is 10.6 Å². The number of nitrogens with zero attached hydrogens (tertiary/aromatic N) is 3. The number of hydrogen-bond acceptors (Lipinski definition) is 4. The predicted molar refractivity (Wildman–Crippen MR) is 70.2 cm³/mol. The predicted octanol–water partition coefficient (Wildman–Crippen LogP) is 0.304. The van der Waals surface area contributed by atoms with Gasteiger partial charge in [-0.25, -0.2) is 4.68 Å². The van der Waals surface area contributed by atoms with Gasteiger partial charge in [-0.15, -0.1) is 5.10 Å². The molecule has 0 bridgehead atoms. The van der Waals surface area contributed by atoms with Gasteiger partial charge in [-0.2, -0.15) is 0 Å². The Kier molecular flexibility index (Phi) is 3.77. The Morgan fingerprint density at radius 1 is 1.26 bits per heavy atom. The number of carbonyl (C=O) groups excluding carboxylic acids is 1. The zero-order valence-corrected chi connectivity index (χ0v) is 11.1. The topological polar surface area (TPSA) is 71.8 Å². The molecule has 19 heavy (non-hydrogen) atoms. The molecule has 2 N–H and O–H groups in total. The van der Waals surface area contributed by atoms with Gasteiger partial charge in [0.15, 0.2) is 0 Å². The van der Waals surface area contributed by atoms with Crippen LogP contribution in [0.25, 0.3) is 0 Å². The summed E-state index contributed by atoms with van der Waals surface area (Å²) in [7, 11) is 0. The minimum Gasteiger partial charge on any atom is -0.354 e. The van der Waals surface area contributed by atoms with Crippen molar-refractivity contribution in [2.24, 2.45) is 11.8 Å². The summed E-state index contributed by atoms with van der Waals surface area (Å²) in [6.07, 6.45) is 7.04. The molecule has 0 radical (unpaired) electrons. The van der Waals surface area contributed by atoms with E-state index in [2.05, 4.69) is 20.9 Å². The minimum atomic E-state index is 0.0225. The molecular formula is C13H21N5O. The second-order valence-corrected chi connectivity index (χ2v) is 5.73. The highest BCUT2D eigenvalue weighted by Crippen LogP contribution is 2.28. The van der Waals surface area contributed by atoms with Crippen molar-refractivity contribution < 1.29 is 4.79 Å². The molecule has 0 unspecified atom stereocenters. The maximum absolute atomic E-state index is 11.7. The molecule has 1 aromatic rings. The molecule has 2 fully saturated rings. The summed E-state index contributed by atoms with van der Waals surface area (Å²) >= 11 is 0. The van der Waals surface area contributed by atoms with Gasteiger partial charge in [0.25, 0.3) is 0 Å². The minimum absolute atomic E-state index is 0.0225. The lowest BCUT2D eigenvalue weighted by atomic mass is 10.4. The molecule has 1 heterocycles. The number of nitrogens with one attached hydrogen (secondary N) is 2. The van der Waals surface area contributed by atoms with E-state index in [4.69, 9.17) is 0 Å². The molecule has 0 atom stereocenters. The first-order valence-corrected chi connectivity index (χ1v) is 7.16. The van der Waals surface area contributed by atoms with Crippen molar-refractivity contribution in [3.05, 3.63) is 11.9 Å². The van der Waals surface area contributed by atoms with E-state index < -0.39 is 0 Å². The molecule has 0 saturated heterocycles. The van der Waals surface area contributed by atoms with E-state index in [-0.39, 0.29) is 12.5 Å². The average molecular weight is 263 g/mol. The van der Waals surface area contributed by atoms with Crippen molar-refractivity contribution in [1.82, 2.24) is 25.6 Å². The quantitative estimate of drug-likeness (QED) is 0.708. The van der Waals surface area contributed by atoms with Crippen LogP contribution >= 0.6 is 0 Å². The molecule has 6 nitrogen and oxygen atoms in total. The van der Waals surface area contributed by atoms with Crippen LogP contribution in [-0.2, 0) is 17.9 Å². The highest BCUT2D eigenvalue weighted by molar-refractivity contribution is 5.75. The Hall–Kier alpha value is -1.43. The van der Waals surface area contributed by atoms with Crippen molar-refractivity contribution in [2.45, 2.75) is 38.8 Å². The fourth-order valence-corrected chi connectivity index (χ4v) is 2.01. The Balaban J connectivity index is 1.37. The van der Waals surface area contributed by atoms with Crippen LogP contribution in [0.5, 0.6) is 0 Å². The van der Waals surface area contributed by atoms with Gasteiger partial charge in [-0.3, -0.25) is 4.79 Å². The normalized spacial score (nSPS) is 18.5. The second-order valence-electron chi connectivity index (χ2n) is 5.73. The third kappa shape index (κ3) is 4.31. The SMILES string of the molecule is O=C(Cn1cc(CNCC2CC2)nn1)NCC1CC1. The van der Waals surface area contributed by atoms with Crippen molar-refractivity contribution >= 4 is 5.91 Å². The summed E-state index contributed by atoms with van der Waals surface area (Å²) < 4.78 is 1.61. The van der Waals surface area contributed by atoms with E-state index in [0.717, 1.165) is 31.2 Å². The van der Waals surface area contributed by atoms with Crippen molar-refractivity contribution in [2.75, 3.05) is 13.1 Å². The van der Waals surface area contributed by atoms with Crippen LogP contribution in [0.2, 0.25) is 0 Å². The number of rotatable bonds is 8. The summed E-state index contributed by atoms with van der Waals surface area (Å²) in [5, 5.41) is 14.3. The lowest BCUT2D eigenvalue weighted by molar-refractivity contribution is -0.121. The van der Waals surface area contributed by atoms with Crippen LogP contribution in [-0.4, -0.2) is 34.0 Å². The van der Waals surface area contributed by atoms with Crippen LogP contribution in [0.4, 0.5) is 0 Å². The first kappa shape index (κ1) is 12.6. The fourth-order valence-electron chi connectivity index (χ4n) is 2.01. The van der Waals surface area contributed by atoms with E-state index in [1.54, 1.807) is 4.68 Å². The third-order valence-electron chi connectivity index (χ3n) is 3.61. The van der Waals surface area contributed by atoms with E-state index in [9.17, 15) is 4.79 Å². The van der Waals surface area contributed by atoms with Crippen molar-refractivity contribution in [3.63, 3.8) is 0 Å². The molecule has 2 aliphatic rings. The summed E-state index contributed by atoms with van der Waals surface area (Å²) in [4.78, 5) is 11.7. The van der Waals surface area contributed by atoms with Gasteiger partial charge >= 0.3 is 0 Å². The van der Waals surface area contributed by atoms with Crippen LogP contribution in [0.15, 0.2) is 6.20 Å². The molecule has 0 aliphatic heterocycles. The van der Waals surface area contributed by atoms with Gasteiger partial charge in [0, 0.05) is 13.1 Å². The van der Waals surface area contributed by atoms with E-state index >= 15 is 0 Å². The molecule has 0 spiro atoms. The van der Waals surface area contributed by atoms with Gasteiger partial charge in [-0.1, -0.05) is 5.21 Å². The summed E-state index contributed by atoms with van der Waals surface area (Å²) in [6, 6.07) is 0. The fraction of sp³-hybridized carbons (Fsp3) is 0.769. The number of hydrogen-bond donors (Lipinski definition) is 2. The molecule has 0 aromatic carbocycles. The van der Waals surface area contributed by atoms with Gasteiger partial charge in [0.2, 0.25) is 5.91 Å². The lowest BCUT2D eigenvalue weighted by Gasteiger charge is -2.03. The van der Waals surface area contributed by atoms with Gasteiger partial charge in [0.1, 0.15) is 6.54 Å². The molecule has 1 amide bonds. The first-order chi connectivity index (χ1) is 9.29.